The molecule has 1 N–H and O–H groups in total. The van der Waals surface area contributed by atoms with E-state index in [1.807, 2.05) is 18.7 Å². The van der Waals surface area contributed by atoms with Gasteiger partial charge in [-0.2, -0.15) is 11.8 Å². The van der Waals surface area contributed by atoms with Gasteiger partial charge in [-0.05, 0) is 25.2 Å². The van der Waals surface area contributed by atoms with Crippen molar-refractivity contribution < 1.29 is 9.18 Å². The predicted octanol–water partition coefficient (Wildman–Crippen LogP) is 2.23. The number of nitrogens with one attached hydrogen (secondary N) is 1. The number of pyridine rings is 1. The number of aromatic nitrogens is 1. The van der Waals surface area contributed by atoms with Crippen LogP contribution in [-0.2, 0) is 0 Å². The molecule has 1 unspecified atom stereocenters. The van der Waals surface area contributed by atoms with Gasteiger partial charge >= 0.3 is 0 Å². The summed E-state index contributed by atoms with van der Waals surface area (Å²) in [5, 5.41) is 2.82. The average Bonchev–Trinajstić information content (AvgIpc) is 2.94. The van der Waals surface area contributed by atoms with Gasteiger partial charge in [-0.1, -0.05) is 0 Å². The smallest absolute Gasteiger partial charge is 0.257 e. The lowest BCUT2D eigenvalue weighted by Crippen LogP contribution is -2.37. The molecule has 0 spiro atoms. The largest absolute Gasteiger partial charge is 0.368 e. The lowest BCUT2D eigenvalue weighted by Gasteiger charge is -2.24. The fourth-order valence-corrected chi connectivity index (χ4v) is 3.35. The van der Waals surface area contributed by atoms with Crippen molar-refractivity contribution in [3.8, 4) is 0 Å². The highest BCUT2D eigenvalue weighted by molar-refractivity contribution is 7.99. The van der Waals surface area contributed by atoms with E-state index < -0.39 is 5.82 Å². The standard InChI is InChI=1S/C13H18FN3OS/c1-3-15-12-11(14)10(4-6-16-12)13(18)17(2)9-5-7-19-8-9/h4,6,9H,3,5,7-8H2,1-2H3,(H,15,16). The van der Waals surface area contributed by atoms with Crippen molar-refractivity contribution >= 4 is 23.5 Å². The van der Waals surface area contributed by atoms with Crippen LogP contribution in [0.2, 0.25) is 0 Å². The second-order valence-electron chi connectivity index (χ2n) is 4.48. The van der Waals surface area contributed by atoms with E-state index in [2.05, 4.69) is 10.3 Å². The van der Waals surface area contributed by atoms with E-state index in [-0.39, 0.29) is 23.3 Å². The van der Waals surface area contributed by atoms with Gasteiger partial charge in [0.1, 0.15) is 0 Å². The van der Waals surface area contributed by atoms with Crippen LogP contribution in [0.4, 0.5) is 10.2 Å². The van der Waals surface area contributed by atoms with E-state index in [1.165, 1.54) is 12.3 Å². The first kappa shape index (κ1) is 14.1. The van der Waals surface area contributed by atoms with Crippen molar-refractivity contribution in [2.75, 3.05) is 30.4 Å². The molecule has 1 aromatic rings. The Balaban J connectivity index is 2.20. The van der Waals surface area contributed by atoms with Gasteiger partial charge in [-0.3, -0.25) is 4.79 Å². The van der Waals surface area contributed by atoms with Crippen LogP contribution in [0.3, 0.4) is 0 Å². The summed E-state index contributed by atoms with van der Waals surface area (Å²) in [7, 11) is 1.74. The zero-order valence-electron chi connectivity index (χ0n) is 11.1. The maximum absolute atomic E-state index is 14.2. The number of hydrogen-bond acceptors (Lipinski definition) is 4. The Kier molecular flexibility index (Phi) is 4.63. The second-order valence-corrected chi connectivity index (χ2v) is 5.63. The Morgan fingerprint density at radius 3 is 3.11 bits per heavy atom. The number of hydrogen-bond donors (Lipinski definition) is 1. The van der Waals surface area contributed by atoms with E-state index in [4.69, 9.17) is 0 Å². The van der Waals surface area contributed by atoms with Crippen molar-refractivity contribution in [2.24, 2.45) is 0 Å². The number of carbonyl (C=O) groups excluding carboxylic acids is 1. The minimum absolute atomic E-state index is 0.0883. The minimum atomic E-state index is -0.563. The van der Waals surface area contributed by atoms with Crippen molar-refractivity contribution in [3.05, 3.63) is 23.6 Å². The Labute approximate surface area is 116 Å². The van der Waals surface area contributed by atoms with Gasteiger partial charge in [0, 0.05) is 31.6 Å². The maximum Gasteiger partial charge on any atom is 0.257 e. The number of thioether (sulfide) groups is 1. The molecule has 19 heavy (non-hydrogen) atoms. The van der Waals surface area contributed by atoms with Crippen molar-refractivity contribution in [1.82, 2.24) is 9.88 Å². The predicted molar refractivity (Wildman–Crippen MR) is 76.2 cm³/mol. The zero-order chi connectivity index (χ0) is 13.8. The first-order chi connectivity index (χ1) is 9.15. The molecule has 1 atom stereocenters. The van der Waals surface area contributed by atoms with Gasteiger partial charge in [0.05, 0.1) is 5.56 Å². The fourth-order valence-electron chi connectivity index (χ4n) is 2.08. The topological polar surface area (TPSA) is 45.2 Å². The molecule has 1 aliphatic heterocycles. The molecule has 0 aliphatic carbocycles. The van der Waals surface area contributed by atoms with E-state index in [0.717, 1.165) is 17.9 Å². The number of rotatable bonds is 4. The summed E-state index contributed by atoms with van der Waals surface area (Å²) in [6, 6.07) is 1.64. The molecular weight excluding hydrogens is 265 g/mol. The summed E-state index contributed by atoms with van der Waals surface area (Å²) in [5.74, 6) is 1.29. The van der Waals surface area contributed by atoms with E-state index in [1.54, 1.807) is 11.9 Å². The summed E-state index contributed by atoms with van der Waals surface area (Å²) < 4.78 is 14.2. The molecule has 6 heteroatoms. The third-order valence-corrected chi connectivity index (χ3v) is 4.38. The molecule has 1 fully saturated rings. The summed E-state index contributed by atoms with van der Waals surface area (Å²) in [6.45, 7) is 2.42. The van der Waals surface area contributed by atoms with Gasteiger partial charge in [0.25, 0.3) is 5.91 Å². The Morgan fingerprint density at radius 2 is 2.47 bits per heavy atom. The summed E-state index contributed by atoms with van der Waals surface area (Å²) in [5.41, 5.74) is 0.0883. The number of halogens is 1. The monoisotopic (exact) mass is 283 g/mol. The van der Waals surface area contributed by atoms with Crippen LogP contribution in [0.5, 0.6) is 0 Å². The zero-order valence-corrected chi connectivity index (χ0v) is 12.0. The lowest BCUT2D eigenvalue weighted by molar-refractivity contribution is 0.0743. The molecule has 1 amide bonds. The minimum Gasteiger partial charge on any atom is -0.368 e. The third kappa shape index (κ3) is 3.00. The highest BCUT2D eigenvalue weighted by Crippen LogP contribution is 2.24. The van der Waals surface area contributed by atoms with E-state index in [9.17, 15) is 9.18 Å². The number of anilines is 1. The molecule has 1 saturated heterocycles. The normalized spacial score (nSPS) is 18.4. The number of carbonyl (C=O) groups is 1. The first-order valence-electron chi connectivity index (χ1n) is 6.38. The highest BCUT2D eigenvalue weighted by atomic mass is 32.2. The Morgan fingerprint density at radius 1 is 1.68 bits per heavy atom. The van der Waals surface area contributed by atoms with Crippen molar-refractivity contribution in [1.29, 1.82) is 0 Å². The van der Waals surface area contributed by atoms with Gasteiger partial charge < -0.3 is 10.2 Å². The van der Waals surface area contributed by atoms with E-state index in [0.29, 0.717) is 6.54 Å². The summed E-state index contributed by atoms with van der Waals surface area (Å²) in [4.78, 5) is 17.9. The number of amides is 1. The van der Waals surface area contributed by atoms with E-state index >= 15 is 0 Å². The molecule has 0 aromatic carbocycles. The quantitative estimate of drug-likeness (QED) is 0.920. The lowest BCUT2D eigenvalue weighted by atomic mass is 10.1. The summed E-state index contributed by atoms with van der Waals surface area (Å²) in [6.07, 6.45) is 2.44. The third-order valence-electron chi connectivity index (χ3n) is 3.24. The van der Waals surface area contributed by atoms with Gasteiger partial charge in [0.2, 0.25) is 0 Å². The average molecular weight is 283 g/mol. The van der Waals surface area contributed by atoms with Crippen LogP contribution in [0, 0.1) is 5.82 Å². The van der Waals surface area contributed by atoms with Crippen LogP contribution >= 0.6 is 11.8 Å². The van der Waals surface area contributed by atoms with Crippen LogP contribution < -0.4 is 5.32 Å². The SMILES string of the molecule is CCNc1nccc(C(=O)N(C)C2CCSC2)c1F. The molecule has 1 aliphatic rings. The molecule has 104 valence electrons. The molecule has 0 saturated carbocycles. The molecule has 2 heterocycles. The van der Waals surface area contributed by atoms with Crippen LogP contribution in [0.25, 0.3) is 0 Å². The van der Waals surface area contributed by atoms with Gasteiger partial charge in [0.15, 0.2) is 11.6 Å². The second kappa shape index (κ2) is 6.23. The van der Waals surface area contributed by atoms with Gasteiger partial charge in [-0.25, -0.2) is 9.37 Å². The molecule has 4 nitrogen and oxygen atoms in total. The molecular formula is C13H18FN3OS. The molecule has 1 aromatic heterocycles. The maximum atomic E-state index is 14.2. The Hall–Kier alpha value is -1.30. The summed E-state index contributed by atoms with van der Waals surface area (Å²) >= 11 is 1.83. The molecule has 0 bridgehead atoms. The molecule has 2 rings (SSSR count). The van der Waals surface area contributed by atoms with Crippen molar-refractivity contribution in [3.63, 3.8) is 0 Å². The van der Waals surface area contributed by atoms with Crippen LogP contribution in [0.15, 0.2) is 12.3 Å². The van der Waals surface area contributed by atoms with Crippen molar-refractivity contribution in [2.45, 2.75) is 19.4 Å². The molecule has 0 radical (unpaired) electrons. The Bertz CT molecular complexity index is 463. The van der Waals surface area contributed by atoms with Crippen LogP contribution in [0.1, 0.15) is 23.7 Å². The first-order valence-corrected chi connectivity index (χ1v) is 7.54. The van der Waals surface area contributed by atoms with Gasteiger partial charge in [-0.15, -0.1) is 0 Å². The highest BCUT2D eigenvalue weighted by Gasteiger charge is 2.27. The number of nitrogens with zero attached hydrogens (tertiary/aromatic N) is 2. The fraction of sp³-hybridized carbons (Fsp3) is 0.538. The van der Waals surface area contributed by atoms with Crippen LogP contribution in [-0.4, -0.2) is 46.9 Å².